The molecule has 6 heterocycles. The molecule has 3 fully saturated rings. The smallest absolute Gasteiger partial charge is 0.169 e. The number of rotatable bonds is 4. The molecule has 10 nitrogen and oxygen atoms in total. The number of nitrogens with zero attached hydrogens (tertiary/aromatic N) is 7. The van der Waals surface area contributed by atoms with E-state index >= 15 is 0 Å². The van der Waals surface area contributed by atoms with Crippen molar-refractivity contribution in [2.24, 2.45) is 0 Å². The molecule has 172 valence electrons. The summed E-state index contributed by atoms with van der Waals surface area (Å²) in [5.41, 5.74) is 2.55. The molecule has 2 bridgehead atoms. The highest BCUT2D eigenvalue weighted by atomic mass is 16.5. The first-order valence-electron chi connectivity index (χ1n) is 11.7. The fourth-order valence-electron chi connectivity index (χ4n) is 5.45. The van der Waals surface area contributed by atoms with Gasteiger partial charge >= 0.3 is 0 Å². The number of hydrogen-bond donors (Lipinski definition) is 1. The van der Waals surface area contributed by atoms with Crippen LogP contribution in [0.5, 0.6) is 0 Å². The number of morpholine rings is 2. The molecular formula is C23H28N8O2. The van der Waals surface area contributed by atoms with E-state index in [1.54, 1.807) is 10.9 Å². The zero-order valence-corrected chi connectivity index (χ0v) is 18.9. The van der Waals surface area contributed by atoms with Crippen LogP contribution in [0.4, 0.5) is 11.5 Å². The third-order valence-corrected chi connectivity index (χ3v) is 7.13. The van der Waals surface area contributed by atoms with Crippen molar-refractivity contribution in [3.05, 3.63) is 24.0 Å². The Morgan fingerprint density at radius 3 is 2.73 bits per heavy atom. The Balaban J connectivity index is 1.62. The Morgan fingerprint density at radius 1 is 1.21 bits per heavy atom. The molecule has 1 N–H and O–H groups in total. The molecule has 0 amide bonds. The summed E-state index contributed by atoms with van der Waals surface area (Å²) in [4.78, 5) is 9.99. The Kier molecular flexibility index (Phi) is 4.96. The third-order valence-electron chi connectivity index (χ3n) is 7.13. The van der Waals surface area contributed by atoms with E-state index in [0.29, 0.717) is 25.3 Å². The Morgan fingerprint density at radius 2 is 2.03 bits per heavy atom. The lowest BCUT2D eigenvalue weighted by atomic mass is 10.0. The van der Waals surface area contributed by atoms with Gasteiger partial charge in [0.25, 0.3) is 0 Å². The minimum Gasteiger partial charge on any atom is -0.377 e. The maximum absolute atomic E-state index is 9.78. The van der Waals surface area contributed by atoms with E-state index in [2.05, 4.69) is 39.1 Å². The predicted octanol–water partition coefficient (Wildman–Crippen LogP) is 2.36. The lowest BCUT2D eigenvalue weighted by molar-refractivity contribution is 0.0902. The summed E-state index contributed by atoms with van der Waals surface area (Å²) in [5.74, 6) is 1.30. The normalized spacial score (nSPS) is 26.0. The summed E-state index contributed by atoms with van der Waals surface area (Å²) >= 11 is 0. The number of aromatic amines is 1. The van der Waals surface area contributed by atoms with Crippen LogP contribution in [-0.4, -0.2) is 76.1 Å². The van der Waals surface area contributed by atoms with Crippen molar-refractivity contribution in [2.75, 3.05) is 42.8 Å². The highest BCUT2D eigenvalue weighted by molar-refractivity contribution is 5.95. The molecule has 4 atom stereocenters. The minimum absolute atomic E-state index is 0.208. The van der Waals surface area contributed by atoms with Gasteiger partial charge in [0, 0.05) is 24.7 Å². The maximum Gasteiger partial charge on any atom is 0.169 e. The number of fused-ring (bicyclic) bond motifs is 3. The molecule has 0 aliphatic carbocycles. The van der Waals surface area contributed by atoms with E-state index in [9.17, 15) is 5.26 Å². The second kappa shape index (κ2) is 8.01. The SMILES string of the molecule is C[C@H](C#N)c1nn(-c2ccn[nH]2)c2nc(N3C4CCC3COC4)cc(N3CCOC[C@H]3C)c12. The Bertz CT molecular complexity index is 1180. The number of pyridine rings is 1. The van der Waals surface area contributed by atoms with Crippen molar-refractivity contribution >= 4 is 22.5 Å². The predicted molar refractivity (Wildman–Crippen MR) is 123 cm³/mol. The second-order valence-electron chi connectivity index (χ2n) is 9.23. The molecule has 3 aromatic heterocycles. The fourth-order valence-corrected chi connectivity index (χ4v) is 5.45. The van der Waals surface area contributed by atoms with Crippen LogP contribution < -0.4 is 9.80 Å². The lowest BCUT2D eigenvalue weighted by Crippen LogP contribution is -2.47. The molecule has 0 aromatic carbocycles. The molecule has 33 heavy (non-hydrogen) atoms. The molecule has 3 aliphatic heterocycles. The monoisotopic (exact) mass is 448 g/mol. The molecule has 2 unspecified atom stereocenters. The number of anilines is 2. The summed E-state index contributed by atoms with van der Waals surface area (Å²) in [6.07, 6.45) is 3.93. The van der Waals surface area contributed by atoms with Gasteiger partial charge in [0.05, 0.1) is 73.5 Å². The number of H-pyrrole nitrogens is 1. The van der Waals surface area contributed by atoms with Crippen molar-refractivity contribution in [1.29, 1.82) is 5.26 Å². The van der Waals surface area contributed by atoms with Gasteiger partial charge in [0.2, 0.25) is 0 Å². The van der Waals surface area contributed by atoms with Gasteiger partial charge in [0.15, 0.2) is 11.5 Å². The van der Waals surface area contributed by atoms with Crippen molar-refractivity contribution < 1.29 is 9.47 Å². The quantitative estimate of drug-likeness (QED) is 0.648. The van der Waals surface area contributed by atoms with E-state index in [4.69, 9.17) is 19.6 Å². The first kappa shape index (κ1) is 20.4. The molecule has 0 saturated carbocycles. The molecule has 3 saturated heterocycles. The van der Waals surface area contributed by atoms with Crippen molar-refractivity contribution in [3.63, 3.8) is 0 Å². The standard InChI is InChI=1S/C23H28N8O2/c1-14(10-24)22-21-18(29-7-8-32-11-15(29)2)9-20(30-16-3-4-17(30)13-33-12-16)26-23(21)31(28-22)19-5-6-25-27-19/h5-6,9,14-17H,3-4,7-8,11-13H2,1-2H3,(H,25,27)/t14-,15-,16?,17?/m1/s1. The van der Waals surface area contributed by atoms with Crippen LogP contribution in [0.25, 0.3) is 16.9 Å². The number of ether oxygens (including phenoxy) is 2. The molecule has 0 radical (unpaired) electrons. The number of aromatic nitrogens is 5. The lowest BCUT2D eigenvalue weighted by Gasteiger charge is -2.38. The first-order valence-corrected chi connectivity index (χ1v) is 11.7. The summed E-state index contributed by atoms with van der Waals surface area (Å²) in [6.45, 7) is 7.65. The summed E-state index contributed by atoms with van der Waals surface area (Å²) < 4.78 is 13.4. The Hall–Kier alpha value is -3.16. The average molecular weight is 449 g/mol. The summed E-state index contributed by atoms with van der Waals surface area (Å²) in [6, 6.07) is 7.33. The van der Waals surface area contributed by atoms with Gasteiger partial charge in [-0.3, -0.25) is 5.10 Å². The molecular weight excluding hydrogens is 420 g/mol. The maximum atomic E-state index is 9.78. The highest BCUT2D eigenvalue weighted by Crippen LogP contribution is 2.41. The van der Waals surface area contributed by atoms with Crippen LogP contribution in [0.2, 0.25) is 0 Å². The van der Waals surface area contributed by atoms with Gasteiger partial charge in [-0.2, -0.15) is 20.1 Å². The minimum atomic E-state index is -0.376. The van der Waals surface area contributed by atoms with E-state index in [0.717, 1.165) is 66.7 Å². The zero-order chi connectivity index (χ0) is 22.5. The first-order chi connectivity index (χ1) is 16.2. The van der Waals surface area contributed by atoms with Gasteiger partial charge in [-0.25, -0.2) is 4.98 Å². The molecule has 10 heteroatoms. The number of hydrogen-bond acceptors (Lipinski definition) is 8. The molecule has 3 aliphatic rings. The van der Waals surface area contributed by atoms with Crippen molar-refractivity contribution in [1.82, 2.24) is 25.0 Å². The third kappa shape index (κ3) is 3.26. The van der Waals surface area contributed by atoms with Crippen LogP contribution in [0.3, 0.4) is 0 Å². The largest absolute Gasteiger partial charge is 0.377 e. The van der Waals surface area contributed by atoms with Gasteiger partial charge in [-0.05, 0) is 26.7 Å². The zero-order valence-electron chi connectivity index (χ0n) is 18.9. The topological polar surface area (TPSA) is 108 Å². The van der Waals surface area contributed by atoms with Crippen LogP contribution in [0, 0.1) is 11.3 Å². The highest BCUT2D eigenvalue weighted by Gasteiger charge is 2.39. The van der Waals surface area contributed by atoms with Gasteiger partial charge in [0.1, 0.15) is 5.82 Å². The second-order valence-corrected chi connectivity index (χ2v) is 9.23. The van der Waals surface area contributed by atoms with Gasteiger partial charge < -0.3 is 19.3 Å². The van der Waals surface area contributed by atoms with E-state index in [1.807, 2.05) is 13.0 Å². The van der Waals surface area contributed by atoms with Crippen LogP contribution >= 0.6 is 0 Å². The van der Waals surface area contributed by atoms with E-state index in [1.165, 1.54) is 0 Å². The Labute approximate surface area is 192 Å². The molecule has 0 spiro atoms. The van der Waals surface area contributed by atoms with Crippen molar-refractivity contribution in [3.8, 4) is 11.9 Å². The number of nitrogens with one attached hydrogen (secondary N) is 1. The average Bonchev–Trinajstić information content (AvgIpc) is 3.55. The van der Waals surface area contributed by atoms with E-state index < -0.39 is 0 Å². The van der Waals surface area contributed by atoms with Crippen LogP contribution in [-0.2, 0) is 9.47 Å². The van der Waals surface area contributed by atoms with Gasteiger partial charge in [-0.1, -0.05) is 0 Å². The van der Waals surface area contributed by atoms with Crippen molar-refractivity contribution in [2.45, 2.75) is 50.7 Å². The summed E-state index contributed by atoms with van der Waals surface area (Å²) in [5, 5.41) is 22.7. The van der Waals surface area contributed by atoms with E-state index in [-0.39, 0.29) is 12.0 Å². The van der Waals surface area contributed by atoms with Gasteiger partial charge in [-0.15, -0.1) is 0 Å². The summed E-state index contributed by atoms with van der Waals surface area (Å²) in [7, 11) is 0. The fraction of sp³-hybridized carbons (Fsp3) is 0.565. The van der Waals surface area contributed by atoms with Crippen LogP contribution in [0.1, 0.15) is 38.3 Å². The molecule has 3 aromatic rings. The molecule has 6 rings (SSSR count). The number of nitriles is 1. The van der Waals surface area contributed by atoms with Crippen LogP contribution in [0.15, 0.2) is 18.3 Å².